The normalized spacial score (nSPS) is 23.4. The molecule has 1 rings (SSSR count). The maximum absolute atomic E-state index is 11.9. The van der Waals surface area contributed by atoms with E-state index in [9.17, 15) is 4.79 Å². The maximum Gasteiger partial charge on any atom is 0.226 e. The summed E-state index contributed by atoms with van der Waals surface area (Å²) < 4.78 is 5.28. The minimum atomic E-state index is -0.0997. The Balaban J connectivity index is 0.00000225. The number of nitrogens with two attached hydrogens (primary N) is 1. The van der Waals surface area contributed by atoms with Crippen molar-refractivity contribution in [1.29, 1.82) is 0 Å². The molecule has 1 amide bonds. The smallest absolute Gasteiger partial charge is 0.226 e. The molecule has 0 saturated carbocycles. The van der Waals surface area contributed by atoms with Crippen LogP contribution < -0.4 is 5.73 Å². The lowest BCUT2D eigenvalue weighted by molar-refractivity contribution is -0.134. The number of carbonyl (C=O) groups excluding carboxylic acids is 1. The summed E-state index contributed by atoms with van der Waals surface area (Å²) in [4.78, 5) is 13.7. The highest BCUT2D eigenvalue weighted by molar-refractivity contribution is 5.85. The van der Waals surface area contributed by atoms with Gasteiger partial charge in [0.2, 0.25) is 5.91 Å². The van der Waals surface area contributed by atoms with Crippen molar-refractivity contribution >= 4 is 18.3 Å². The summed E-state index contributed by atoms with van der Waals surface area (Å²) in [7, 11) is 1.85. The van der Waals surface area contributed by atoms with Crippen molar-refractivity contribution in [2.45, 2.75) is 26.3 Å². The first kappa shape index (κ1) is 15.7. The lowest BCUT2D eigenvalue weighted by Crippen LogP contribution is -2.41. The predicted molar refractivity (Wildman–Crippen MR) is 66.6 cm³/mol. The number of hydrogen-bond acceptors (Lipinski definition) is 3. The summed E-state index contributed by atoms with van der Waals surface area (Å²) in [6.07, 6.45) is 1.06. The number of carbonyl (C=O) groups is 1. The zero-order valence-corrected chi connectivity index (χ0v) is 11.1. The van der Waals surface area contributed by atoms with Crippen LogP contribution in [0.1, 0.15) is 20.3 Å². The van der Waals surface area contributed by atoms with Crippen LogP contribution >= 0.6 is 12.4 Å². The fraction of sp³-hybridized carbons (Fsp3) is 0.909. The fourth-order valence-electron chi connectivity index (χ4n) is 1.78. The summed E-state index contributed by atoms with van der Waals surface area (Å²) in [5.41, 5.74) is 5.71. The molecule has 0 aliphatic carbocycles. The van der Waals surface area contributed by atoms with E-state index in [1.54, 1.807) is 4.90 Å². The van der Waals surface area contributed by atoms with Gasteiger partial charge < -0.3 is 15.4 Å². The molecular formula is C11H23ClN2O2. The van der Waals surface area contributed by atoms with Gasteiger partial charge in [-0.05, 0) is 13.3 Å². The number of halogens is 1. The molecule has 0 aromatic rings. The van der Waals surface area contributed by atoms with Crippen molar-refractivity contribution in [2.75, 3.05) is 26.8 Å². The Morgan fingerprint density at radius 2 is 2.19 bits per heavy atom. The van der Waals surface area contributed by atoms with Crippen LogP contribution in [0.4, 0.5) is 0 Å². The zero-order valence-electron chi connectivity index (χ0n) is 10.3. The standard InChI is InChI=1S/C11H22N2O2.ClH/c1-8(9(2)12)11(14)13(3)6-10-4-5-15-7-10;/h8-10H,4-7,12H2,1-3H3;1H. The van der Waals surface area contributed by atoms with E-state index in [1.165, 1.54) is 0 Å². The first-order valence-corrected chi connectivity index (χ1v) is 5.60. The summed E-state index contributed by atoms with van der Waals surface area (Å²) in [5.74, 6) is 0.536. The molecular weight excluding hydrogens is 228 g/mol. The van der Waals surface area contributed by atoms with Gasteiger partial charge in [-0.15, -0.1) is 12.4 Å². The quantitative estimate of drug-likeness (QED) is 0.806. The van der Waals surface area contributed by atoms with Crippen molar-refractivity contribution in [2.24, 2.45) is 17.6 Å². The minimum Gasteiger partial charge on any atom is -0.381 e. The second kappa shape index (κ2) is 7.09. The van der Waals surface area contributed by atoms with Crippen molar-refractivity contribution in [3.05, 3.63) is 0 Å². The van der Waals surface area contributed by atoms with Crippen LogP contribution in [0.3, 0.4) is 0 Å². The highest BCUT2D eigenvalue weighted by Crippen LogP contribution is 2.14. The molecule has 0 aromatic carbocycles. The van der Waals surface area contributed by atoms with Gasteiger partial charge in [-0.2, -0.15) is 0 Å². The molecule has 4 nitrogen and oxygen atoms in total. The van der Waals surface area contributed by atoms with Gasteiger partial charge in [-0.1, -0.05) is 6.92 Å². The molecule has 0 aromatic heterocycles. The third kappa shape index (κ3) is 4.28. The largest absolute Gasteiger partial charge is 0.381 e. The number of nitrogens with zero attached hydrogens (tertiary/aromatic N) is 1. The van der Waals surface area contributed by atoms with Gasteiger partial charge in [0.15, 0.2) is 0 Å². The first-order valence-electron chi connectivity index (χ1n) is 5.60. The average molecular weight is 251 g/mol. The molecule has 1 saturated heterocycles. The highest BCUT2D eigenvalue weighted by Gasteiger charge is 2.24. The number of rotatable bonds is 4. The molecule has 0 bridgehead atoms. The van der Waals surface area contributed by atoms with E-state index in [-0.39, 0.29) is 30.3 Å². The molecule has 1 aliphatic rings. The monoisotopic (exact) mass is 250 g/mol. The fourth-order valence-corrected chi connectivity index (χ4v) is 1.78. The molecule has 3 unspecified atom stereocenters. The lowest BCUT2D eigenvalue weighted by atomic mass is 10.0. The van der Waals surface area contributed by atoms with E-state index < -0.39 is 0 Å². The van der Waals surface area contributed by atoms with Crippen LogP contribution in [-0.4, -0.2) is 43.7 Å². The Labute approximate surface area is 104 Å². The number of hydrogen-bond donors (Lipinski definition) is 1. The number of amides is 1. The van der Waals surface area contributed by atoms with Crippen molar-refractivity contribution in [1.82, 2.24) is 4.90 Å². The van der Waals surface area contributed by atoms with Crippen LogP contribution in [-0.2, 0) is 9.53 Å². The molecule has 1 fully saturated rings. The molecule has 96 valence electrons. The third-order valence-corrected chi connectivity index (χ3v) is 3.11. The van der Waals surface area contributed by atoms with Gasteiger partial charge in [0, 0.05) is 32.2 Å². The summed E-state index contributed by atoms with van der Waals surface area (Å²) in [5, 5.41) is 0. The Hall–Kier alpha value is -0.320. The van der Waals surface area contributed by atoms with Gasteiger partial charge >= 0.3 is 0 Å². The van der Waals surface area contributed by atoms with Gasteiger partial charge in [0.25, 0.3) is 0 Å². The summed E-state index contributed by atoms with van der Waals surface area (Å²) in [6, 6.07) is -0.0835. The Kier molecular flexibility index (Phi) is 6.95. The predicted octanol–water partition coefficient (Wildman–Crippen LogP) is 0.886. The third-order valence-electron chi connectivity index (χ3n) is 3.11. The molecule has 1 heterocycles. The summed E-state index contributed by atoms with van der Waals surface area (Å²) in [6.45, 7) is 6.15. The SMILES string of the molecule is CC(N)C(C)C(=O)N(C)CC1CCOC1.Cl. The van der Waals surface area contributed by atoms with E-state index in [0.29, 0.717) is 5.92 Å². The molecule has 0 spiro atoms. The molecule has 0 radical (unpaired) electrons. The van der Waals surface area contributed by atoms with Crippen molar-refractivity contribution in [3.63, 3.8) is 0 Å². The molecule has 5 heteroatoms. The van der Waals surface area contributed by atoms with Crippen LogP contribution in [0.25, 0.3) is 0 Å². The maximum atomic E-state index is 11.9. The van der Waals surface area contributed by atoms with Gasteiger partial charge in [0.1, 0.15) is 0 Å². The van der Waals surface area contributed by atoms with Gasteiger partial charge in [-0.25, -0.2) is 0 Å². The van der Waals surface area contributed by atoms with Gasteiger partial charge in [0.05, 0.1) is 12.5 Å². The number of ether oxygens (including phenoxy) is 1. The van der Waals surface area contributed by atoms with Crippen LogP contribution in [0.5, 0.6) is 0 Å². The Morgan fingerprint density at radius 1 is 1.56 bits per heavy atom. The van der Waals surface area contributed by atoms with E-state index in [0.717, 1.165) is 26.2 Å². The first-order chi connectivity index (χ1) is 7.02. The van der Waals surface area contributed by atoms with Gasteiger partial charge in [-0.3, -0.25) is 4.79 Å². The molecule has 2 N–H and O–H groups in total. The van der Waals surface area contributed by atoms with Crippen LogP contribution in [0.2, 0.25) is 0 Å². The van der Waals surface area contributed by atoms with E-state index in [4.69, 9.17) is 10.5 Å². The van der Waals surface area contributed by atoms with Crippen molar-refractivity contribution in [3.8, 4) is 0 Å². The molecule has 16 heavy (non-hydrogen) atoms. The van der Waals surface area contributed by atoms with Crippen LogP contribution in [0, 0.1) is 11.8 Å². The average Bonchev–Trinajstić information content (AvgIpc) is 2.67. The second-order valence-corrected chi connectivity index (χ2v) is 4.60. The minimum absolute atomic E-state index is 0. The van der Waals surface area contributed by atoms with Crippen molar-refractivity contribution < 1.29 is 9.53 Å². The Bertz CT molecular complexity index is 218. The van der Waals surface area contributed by atoms with Crippen LogP contribution in [0.15, 0.2) is 0 Å². The molecule has 3 atom stereocenters. The highest BCUT2D eigenvalue weighted by atomic mass is 35.5. The second-order valence-electron chi connectivity index (χ2n) is 4.60. The van der Waals surface area contributed by atoms with E-state index in [1.807, 2.05) is 20.9 Å². The van der Waals surface area contributed by atoms with E-state index >= 15 is 0 Å². The lowest BCUT2D eigenvalue weighted by Gasteiger charge is -2.25. The topological polar surface area (TPSA) is 55.6 Å². The van der Waals surface area contributed by atoms with E-state index in [2.05, 4.69) is 0 Å². The molecule has 1 aliphatic heterocycles. The Morgan fingerprint density at radius 3 is 2.62 bits per heavy atom. The zero-order chi connectivity index (χ0) is 11.4. The summed E-state index contributed by atoms with van der Waals surface area (Å²) >= 11 is 0.